The first-order chi connectivity index (χ1) is 7.56. The Labute approximate surface area is 94.1 Å². The summed E-state index contributed by atoms with van der Waals surface area (Å²) < 4.78 is 0. The zero-order chi connectivity index (χ0) is 12.1. The number of aromatic nitrogens is 2. The van der Waals surface area contributed by atoms with Gasteiger partial charge in [-0.3, -0.25) is 4.79 Å². The minimum atomic E-state index is -0.306. The van der Waals surface area contributed by atoms with E-state index in [1.54, 1.807) is 11.9 Å². The fraction of sp³-hybridized carbons (Fsp3) is 0.400. The van der Waals surface area contributed by atoms with Gasteiger partial charge in [0.1, 0.15) is 18.1 Å². The van der Waals surface area contributed by atoms with Crippen LogP contribution in [0.15, 0.2) is 12.4 Å². The van der Waals surface area contributed by atoms with Gasteiger partial charge in [-0.05, 0) is 0 Å². The van der Waals surface area contributed by atoms with Crippen molar-refractivity contribution >= 4 is 11.7 Å². The molecule has 0 spiro atoms. The topological polar surface area (TPSA) is 73.1 Å². The summed E-state index contributed by atoms with van der Waals surface area (Å²) in [6.07, 6.45) is 2.93. The smallest absolute Gasteiger partial charge is 0.274 e. The van der Waals surface area contributed by atoms with Gasteiger partial charge < -0.3 is 9.80 Å². The number of nitrogens with zero attached hydrogens (tertiary/aromatic N) is 5. The van der Waals surface area contributed by atoms with Crippen molar-refractivity contribution in [3.05, 3.63) is 18.1 Å². The lowest BCUT2D eigenvalue weighted by atomic mass is 10.4. The second kappa shape index (κ2) is 5.07. The van der Waals surface area contributed by atoms with E-state index in [1.165, 1.54) is 17.3 Å². The highest BCUT2D eigenvalue weighted by atomic mass is 16.2. The zero-order valence-corrected chi connectivity index (χ0v) is 9.51. The Morgan fingerprint density at radius 3 is 2.50 bits per heavy atom. The molecule has 0 aliphatic carbocycles. The number of nitriles is 1. The first-order valence-corrected chi connectivity index (χ1v) is 4.68. The molecule has 84 valence electrons. The molecule has 0 aromatic carbocycles. The highest BCUT2D eigenvalue weighted by Crippen LogP contribution is 2.05. The van der Waals surface area contributed by atoms with Crippen LogP contribution in [-0.4, -0.2) is 48.5 Å². The molecule has 6 nitrogen and oxygen atoms in total. The molecule has 6 heteroatoms. The summed E-state index contributed by atoms with van der Waals surface area (Å²) in [4.78, 5) is 22.8. The molecule has 0 N–H and O–H groups in total. The summed E-state index contributed by atoms with van der Waals surface area (Å²) in [5.41, 5.74) is 0.239. The number of rotatable bonds is 3. The lowest BCUT2D eigenvalue weighted by Crippen LogP contribution is -2.28. The second-order valence-electron chi connectivity index (χ2n) is 3.47. The summed E-state index contributed by atoms with van der Waals surface area (Å²) in [5, 5.41) is 8.46. The van der Waals surface area contributed by atoms with E-state index >= 15 is 0 Å². The van der Waals surface area contributed by atoms with E-state index in [-0.39, 0.29) is 18.1 Å². The molecule has 0 atom stereocenters. The Hall–Kier alpha value is -2.16. The minimum Gasteiger partial charge on any atom is -0.361 e. The largest absolute Gasteiger partial charge is 0.361 e. The quantitative estimate of drug-likeness (QED) is 0.676. The molecule has 0 fully saturated rings. The van der Waals surface area contributed by atoms with Crippen molar-refractivity contribution in [2.45, 2.75) is 0 Å². The Bertz CT molecular complexity index is 406. The predicted octanol–water partition coefficient (Wildman–Crippen LogP) is 0.138. The van der Waals surface area contributed by atoms with E-state index in [1.807, 2.05) is 20.2 Å². The summed E-state index contributed by atoms with van der Waals surface area (Å²) in [6.45, 7) is 0.0376. The van der Waals surface area contributed by atoms with Gasteiger partial charge in [0, 0.05) is 21.1 Å². The van der Waals surface area contributed by atoms with E-state index in [0.717, 1.165) is 0 Å². The number of hydrogen-bond donors (Lipinski definition) is 0. The highest BCUT2D eigenvalue weighted by molar-refractivity contribution is 5.92. The lowest BCUT2D eigenvalue weighted by Gasteiger charge is -2.13. The van der Waals surface area contributed by atoms with Crippen molar-refractivity contribution in [1.29, 1.82) is 5.26 Å². The van der Waals surface area contributed by atoms with Gasteiger partial charge in [0.05, 0.1) is 18.5 Å². The summed E-state index contributed by atoms with van der Waals surface area (Å²) >= 11 is 0. The molecular formula is C10H13N5O. The van der Waals surface area contributed by atoms with Crippen LogP contribution in [0.3, 0.4) is 0 Å². The van der Waals surface area contributed by atoms with Crippen molar-refractivity contribution in [2.75, 3.05) is 32.6 Å². The molecule has 0 aliphatic heterocycles. The predicted molar refractivity (Wildman–Crippen MR) is 58.9 cm³/mol. The van der Waals surface area contributed by atoms with Gasteiger partial charge in [-0.25, -0.2) is 9.97 Å². The van der Waals surface area contributed by atoms with Gasteiger partial charge in [0.15, 0.2) is 0 Å². The molecule has 1 aromatic heterocycles. The minimum absolute atomic E-state index is 0.0376. The van der Waals surface area contributed by atoms with E-state index in [9.17, 15) is 4.79 Å². The van der Waals surface area contributed by atoms with Crippen LogP contribution in [0, 0.1) is 11.3 Å². The third-order valence-corrected chi connectivity index (χ3v) is 1.97. The van der Waals surface area contributed by atoms with Crippen LogP contribution in [-0.2, 0) is 0 Å². The molecule has 0 saturated carbocycles. The van der Waals surface area contributed by atoms with Crippen LogP contribution in [0.25, 0.3) is 0 Å². The SMILES string of the molecule is CN(CC#N)C(=O)c1cnc(N(C)C)cn1. The van der Waals surface area contributed by atoms with E-state index < -0.39 is 0 Å². The van der Waals surface area contributed by atoms with Crippen molar-refractivity contribution in [1.82, 2.24) is 14.9 Å². The van der Waals surface area contributed by atoms with Gasteiger partial charge >= 0.3 is 0 Å². The van der Waals surface area contributed by atoms with Crippen LogP contribution in [0.5, 0.6) is 0 Å². The van der Waals surface area contributed by atoms with Gasteiger partial charge in [0.25, 0.3) is 5.91 Å². The van der Waals surface area contributed by atoms with Gasteiger partial charge in [-0.15, -0.1) is 0 Å². The molecule has 0 aliphatic rings. The van der Waals surface area contributed by atoms with E-state index in [4.69, 9.17) is 5.26 Å². The molecule has 1 aromatic rings. The van der Waals surface area contributed by atoms with E-state index in [0.29, 0.717) is 5.82 Å². The molecule has 16 heavy (non-hydrogen) atoms. The molecule has 0 saturated heterocycles. The van der Waals surface area contributed by atoms with Crippen molar-refractivity contribution in [2.24, 2.45) is 0 Å². The zero-order valence-electron chi connectivity index (χ0n) is 9.51. The number of hydrogen-bond acceptors (Lipinski definition) is 5. The van der Waals surface area contributed by atoms with E-state index in [2.05, 4.69) is 9.97 Å². The van der Waals surface area contributed by atoms with Crippen molar-refractivity contribution in [3.8, 4) is 6.07 Å². The fourth-order valence-corrected chi connectivity index (χ4v) is 1.04. The normalized spacial score (nSPS) is 9.38. The lowest BCUT2D eigenvalue weighted by molar-refractivity contribution is 0.0806. The summed E-state index contributed by atoms with van der Waals surface area (Å²) in [5.74, 6) is 0.374. The molecule has 1 heterocycles. The average Bonchev–Trinajstić information content (AvgIpc) is 2.28. The molecule has 1 amide bonds. The third-order valence-electron chi connectivity index (χ3n) is 1.97. The number of carbonyl (C=O) groups is 1. The van der Waals surface area contributed by atoms with Crippen LogP contribution in [0.1, 0.15) is 10.5 Å². The standard InChI is InChI=1S/C10H13N5O/c1-14(2)9-7-12-8(6-13-9)10(16)15(3)5-4-11/h6-7H,5H2,1-3H3. The van der Waals surface area contributed by atoms with Crippen molar-refractivity contribution in [3.63, 3.8) is 0 Å². The highest BCUT2D eigenvalue weighted by Gasteiger charge is 2.13. The first kappa shape index (κ1) is 11.9. The maximum Gasteiger partial charge on any atom is 0.274 e. The van der Waals surface area contributed by atoms with Crippen molar-refractivity contribution < 1.29 is 4.79 Å². The summed E-state index contributed by atoms with van der Waals surface area (Å²) in [7, 11) is 5.23. The monoisotopic (exact) mass is 219 g/mol. The number of amides is 1. The van der Waals surface area contributed by atoms with Crippen LogP contribution in [0.4, 0.5) is 5.82 Å². The number of carbonyl (C=O) groups excluding carboxylic acids is 1. The van der Waals surface area contributed by atoms with Crippen LogP contribution < -0.4 is 4.90 Å². The van der Waals surface area contributed by atoms with Gasteiger partial charge in [0.2, 0.25) is 0 Å². The maximum absolute atomic E-state index is 11.7. The Kier molecular flexibility index (Phi) is 3.78. The molecule has 0 bridgehead atoms. The Balaban J connectivity index is 2.82. The average molecular weight is 219 g/mol. The second-order valence-corrected chi connectivity index (χ2v) is 3.47. The molecule has 0 unspecified atom stereocenters. The molecule has 1 rings (SSSR count). The van der Waals surface area contributed by atoms with Crippen LogP contribution in [0.2, 0.25) is 0 Å². The third kappa shape index (κ3) is 2.67. The maximum atomic E-state index is 11.7. The van der Waals surface area contributed by atoms with Gasteiger partial charge in [-0.1, -0.05) is 0 Å². The van der Waals surface area contributed by atoms with Gasteiger partial charge in [-0.2, -0.15) is 5.26 Å². The Morgan fingerprint density at radius 1 is 1.38 bits per heavy atom. The molecule has 0 radical (unpaired) electrons. The molecular weight excluding hydrogens is 206 g/mol. The summed E-state index contributed by atoms with van der Waals surface area (Å²) in [6, 6.07) is 1.90. The Morgan fingerprint density at radius 2 is 2.06 bits per heavy atom. The number of anilines is 1. The first-order valence-electron chi connectivity index (χ1n) is 4.68. The fourth-order valence-electron chi connectivity index (χ4n) is 1.04. The van der Waals surface area contributed by atoms with Crippen LogP contribution >= 0.6 is 0 Å².